The molecule has 0 unspecified atom stereocenters. The Balaban J connectivity index is 2.60. The Hall–Kier alpha value is -1.90. The van der Waals surface area contributed by atoms with Crippen LogP contribution in [0.5, 0.6) is 0 Å². The van der Waals surface area contributed by atoms with Gasteiger partial charge in [0.2, 0.25) is 0 Å². The lowest BCUT2D eigenvalue weighted by Gasteiger charge is -2.34. The molecule has 0 aromatic heterocycles. The summed E-state index contributed by atoms with van der Waals surface area (Å²) in [4.78, 5) is 22.1. The second kappa shape index (κ2) is 9.55. The molecule has 1 rings (SSSR count). The Kier molecular flexibility index (Phi) is 8.08. The SMILES string of the molecule is CC(=O)OC(=O)/C=C(C)/C=C/C=C(\C)CCC1=C(C)CCCC1(C)C. The molecule has 0 amide bonds. The molecule has 0 aromatic rings. The maximum absolute atomic E-state index is 11.4. The summed E-state index contributed by atoms with van der Waals surface area (Å²) in [6, 6.07) is 0. The van der Waals surface area contributed by atoms with Gasteiger partial charge >= 0.3 is 11.9 Å². The molecule has 0 saturated carbocycles. The van der Waals surface area contributed by atoms with Crippen LogP contribution in [-0.2, 0) is 14.3 Å². The maximum atomic E-state index is 11.4. The molecule has 0 spiro atoms. The second-order valence-electron chi connectivity index (χ2n) is 7.67. The van der Waals surface area contributed by atoms with Gasteiger partial charge < -0.3 is 4.74 Å². The summed E-state index contributed by atoms with van der Waals surface area (Å²) in [7, 11) is 0. The lowest BCUT2D eigenvalue weighted by molar-refractivity contribution is -0.154. The van der Waals surface area contributed by atoms with E-state index in [0.29, 0.717) is 5.41 Å². The third kappa shape index (κ3) is 7.68. The van der Waals surface area contributed by atoms with Gasteiger partial charge in [-0.1, -0.05) is 48.8 Å². The molecule has 3 heteroatoms. The summed E-state index contributed by atoms with van der Waals surface area (Å²) >= 11 is 0. The van der Waals surface area contributed by atoms with Crippen LogP contribution in [0.2, 0.25) is 0 Å². The van der Waals surface area contributed by atoms with E-state index in [1.165, 1.54) is 37.8 Å². The Bertz CT molecular complexity index is 628. The van der Waals surface area contributed by atoms with Crippen LogP contribution in [0.1, 0.15) is 73.6 Å². The second-order valence-corrected chi connectivity index (χ2v) is 7.67. The van der Waals surface area contributed by atoms with Gasteiger partial charge in [-0.05, 0) is 63.9 Å². The van der Waals surface area contributed by atoms with Crippen molar-refractivity contribution < 1.29 is 14.3 Å². The van der Waals surface area contributed by atoms with Crippen molar-refractivity contribution >= 4 is 11.9 Å². The Labute approximate surface area is 152 Å². The highest BCUT2D eigenvalue weighted by atomic mass is 16.6. The zero-order chi connectivity index (χ0) is 19.0. The minimum absolute atomic E-state index is 0.328. The van der Waals surface area contributed by atoms with Crippen molar-refractivity contribution in [2.75, 3.05) is 0 Å². The van der Waals surface area contributed by atoms with Crippen molar-refractivity contribution in [1.82, 2.24) is 0 Å². The van der Waals surface area contributed by atoms with Gasteiger partial charge in [0.25, 0.3) is 0 Å². The van der Waals surface area contributed by atoms with E-state index in [-0.39, 0.29) is 0 Å². The Morgan fingerprint density at radius 3 is 2.48 bits per heavy atom. The number of hydrogen-bond donors (Lipinski definition) is 0. The topological polar surface area (TPSA) is 43.4 Å². The molecular formula is C22H32O3. The van der Waals surface area contributed by atoms with Crippen LogP contribution in [-0.4, -0.2) is 11.9 Å². The molecule has 138 valence electrons. The van der Waals surface area contributed by atoms with Crippen LogP contribution in [0.25, 0.3) is 0 Å². The molecule has 0 N–H and O–H groups in total. The largest absolute Gasteiger partial charge is 0.390 e. The van der Waals surface area contributed by atoms with Gasteiger partial charge in [-0.3, -0.25) is 4.79 Å². The van der Waals surface area contributed by atoms with Crippen molar-refractivity contribution in [3.8, 4) is 0 Å². The van der Waals surface area contributed by atoms with Crippen molar-refractivity contribution in [2.24, 2.45) is 5.41 Å². The third-order valence-corrected chi connectivity index (χ3v) is 4.78. The number of esters is 2. The first-order valence-electron chi connectivity index (χ1n) is 9.05. The van der Waals surface area contributed by atoms with E-state index in [2.05, 4.69) is 38.5 Å². The van der Waals surface area contributed by atoms with Gasteiger partial charge in [0.1, 0.15) is 0 Å². The molecule has 1 aliphatic rings. The summed E-state index contributed by atoms with van der Waals surface area (Å²) in [5, 5.41) is 0. The van der Waals surface area contributed by atoms with Crippen LogP contribution in [0.4, 0.5) is 0 Å². The monoisotopic (exact) mass is 344 g/mol. The minimum Gasteiger partial charge on any atom is -0.390 e. The summed E-state index contributed by atoms with van der Waals surface area (Å²) < 4.78 is 4.47. The molecule has 0 aliphatic heterocycles. The van der Waals surface area contributed by atoms with Crippen molar-refractivity contribution in [3.05, 3.63) is 46.6 Å². The molecule has 0 aromatic carbocycles. The fourth-order valence-electron chi connectivity index (χ4n) is 3.40. The van der Waals surface area contributed by atoms with Crippen molar-refractivity contribution in [1.29, 1.82) is 0 Å². The van der Waals surface area contributed by atoms with Gasteiger partial charge in [-0.2, -0.15) is 0 Å². The Morgan fingerprint density at radius 2 is 1.88 bits per heavy atom. The van der Waals surface area contributed by atoms with Gasteiger partial charge in [-0.25, -0.2) is 4.79 Å². The molecule has 3 nitrogen and oxygen atoms in total. The lowest BCUT2D eigenvalue weighted by Crippen LogP contribution is -2.20. The quantitative estimate of drug-likeness (QED) is 0.200. The summed E-state index contributed by atoms with van der Waals surface area (Å²) in [5.41, 5.74) is 5.59. The first-order chi connectivity index (χ1) is 11.6. The number of carbonyl (C=O) groups excluding carboxylic acids is 2. The van der Waals surface area contributed by atoms with Crippen LogP contribution in [0.3, 0.4) is 0 Å². The lowest BCUT2D eigenvalue weighted by atomic mass is 9.71. The molecule has 25 heavy (non-hydrogen) atoms. The molecule has 0 heterocycles. The molecular weight excluding hydrogens is 312 g/mol. The van der Waals surface area contributed by atoms with Crippen LogP contribution >= 0.6 is 0 Å². The standard InChI is InChI=1S/C22H32O3/c1-16(9-7-10-17(2)15-21(24)25-19(4)23)12-13-20-18(3)11-8-14-22(20,5)6/h7,9-10,15H,8,11-14H2,1-6H3/b10-7+,16-9+,17-15+. The number of ether oxygens (including phenoxy) is 1. The average Bonchev–Trinajstić information content (AvgIpc) is 2.44. The highest BCUT2D eigenvalue weighted by Crippen LogP contribution is 2.42. The zero-order valence-electron chi connectivity index (χ0n) is 16.6. The number of carbonyl (C=O) groups is 2. The maximum Gasteiger partial charge on any atom is 0.338 e. The summed E-state index contributed by atoms with van der Waals surface area (Å²) in [6.45, 7) is 12.2. The number of allylic oxidation sites excluding steroid dienone is 7. The molecule has 0 fully saturated rings. The molecule has 1 aliphatic carbocycles. The van der Waals surface area contributed by atoms with Gasteiger partial charge in [0.15, 0.2) is 0 Å². The van der Waals surface area contributed by atoms with Crippen LogP contribution in [0, 0.1) is 5.41 Å². The summed E-state index contributed by atoms with van der Waals surface area (Å²) in [5.74, 6) is -1.22. The normalized spacial score (nSPS) is 18.6. The zero-order valence-corrected chi connectivity index (χ0v) is 16.6. The third-order valence-electron chi connectivity index (χ3n) is 4.78. The smallest absolute Gasteiger partial charge is 0.338 e. The first kappa shape index (κ1) is 21.1. The van der Waals surface area contributed by atoms with Gasteiger partial charge in [0.05, 0.1) is 0 Å². The fraction of sp³-hybridized carbons (Fsp3) is 0.545. The van der Waals surface area contributed by atoms with E-state index in [9.17, 15) is 9.59 Å². The van der Waals surface area contributed by atoms with Crippen molar-refractivity contribution in [2.45, 2.75) is 73.6 Å². The van der Waals surface area contributed by atoms with E-state index >= 15 is 0 Å². The van der Waals surface area contributed by atoms with E-state index in [1.54, 1.807) is 18.1 Å². The number of rotatable bonds is 6. The van der Waals surface area contributed by atoms with E-state index in [1.807, 2.05) is 12.2 Å². The first-order valence-corrected chi connectivity index (χ1v) is 9.05. The summed E-state index contributed by atoms with van der Waals surface area (Å²) in [6.07, 6.45) is 13.2. The van der Waals surface area contributed by atoms with E-state index < -0.39 is 11.9 Å². The fourth-order valence-corrected chi connectivity index (χ4v) is 3.40. The van der Waals surface area contributed by atoms with E-state index in [4.69, 9.17) is 0 Å². The molecule has 0 saturated heterocycles. The molecule has 0 bridgehead atoms. The van der Waals surface area contributed by atoms with E-state index in [0.717, 1.165) is 18.4 Å². The average molecular weight is 344 g/mol. The highest BCUT2D eigenvalue weighted by Gasteiger charge is 2.27. The predicted octanol–water partition coefficient (Wildman–Crippen LogP) is 5.83. The highest BCUT2D eigenvalue weighted by molar-refractivity contribution is 5.91. The van der Waals surface area contributed by atoms with Gasteiger partial charge in [0, 0.05) is 13.0 Å². The van der Waals surface area contributed by atoms with Crippen molar-refractivity contribution in [3.63, 3.8) is 0 Å². The molecule has 0 atom stereocenters. The van der Waals surface area contributed by atoms with Gasteiger partial charge in [-0.15, -0.1) is 0 Å². The van der Waals surface area contributed by atoms with Crippen LogP contribution < -0.4 is 0 Å². The van der Waals surface area contributed by atoms with Crippen LogP contribution in [0.15, 0.2) is 46.6 Å². The minimum atomic E-state index is -0.628. The molecule has 0 radical (unpaired) electrons. The Morgan fingerprint density at radius 1 is 1.20 bits per heavy atom. The number of hydrogen-bond acceptors (Lipinski definition) is 3. The predicted molar refractivity (Wildman–Crippen MR) is 103 cm³/mol.